The average Bonchev–Trinajstić information content (AvgIpc) is 2.65. The van der Waals surface area contributed by atoms with Crippen molar-refractivity contribution in [1.82, 2.24) is 9.80 Å². The van der Waals surface area contributed by atoms with Gasteiger partial charge in [0.05, 0.1) is 6.10 Å². The first-order valence-electron chi connectivity index (χ1n) is 9.46. The van der Waals surface area contributed by atoms with Crippen LogP contribution in [0.25, 0.3) is 0 Å². The summed E-state index contributed by atoms with van der Waals surface area (Å²) < 4.78 is 0. The number of hydrogen-bond donors (Lipinski definition) is 2. The van der Waals surface area contributed by atoms with Crippen LogP contribution in [0.1, 0.15) is 43.8 Å². The number of carbonyl (C=O) groups is 1. The van der Waals surface area contributed by atoms with E-state index in [2.05, 4.69) is 4.90 Å². The molecule has 1 amide bonds. The maximum absolute atomic E-state index is 12.1. The summed E-state index contributed by atoms with van der Waals surface area (Å²) in [6.07, 6.45) is 4.00. The molecule has 5 nitrogen and oxygen atoms in total. The molecule has 2 heterocycles. The number of β-amino-alcohol motifs (C(OH)–C–C–N with tert-alkyl or cyclic N) is 1. The Labute approximate surface area is 150 Å². The molecule has 1 aromatic rings. The number of piperidine rings is 2. The molecule has 0 radical (unpaired) electrons. The van der Waals surface area contributed by atoms with Crippen LogP contribution in [-0.2, 0) is 4.79 Å². The van der Waals surface area contributed by atoms with Crippen molar-refractivity contribution in [3.05, 3.63) is 35.9 Å². The maximum Gasteiger partial charge on any atom is 0.222 e. The Bertz CT molecular complexity index is 555. The first-order chi connectivity index (χ1) is 12.1. The van der Waals surface area contributed by atoms with Crippen LogP contribution in [0.5, 0.6) is 0 Å². The van der Waals surface area contributed by atoms with E-state index in [1.165, 1.54) is 0 Å². The molecule has 0 bridgehead atoms. The van der Waals surface area contributed by atoms with Gasteiger partial charge in [0.2, 0.25) is 5.91 Å². The summed E-state index contributed by atoms with van der Waals surface area (Å²) in [4.78, 5) is 16.4. The molecule has 2 saturated heterocycles. The van der Waals surface area contributed by atoms with E-state index in [0.717, 1.165) is 44.5 Å². The molecule has 25 heavy (non-hydrogen) atoms. The van der Waals surface area contributed by atoms with Crippen LogP contribution >= 0.6 is 0 Å². The van der Waals surface area contributed by atoms with Crippen molar-refractivity contribution in [2.45, 2.75) is 38.2 Å². The van der Waals surface area contributed by atoms with Gasteiger partial charge in [-0.25, -0.2) is 0 Å². The molecule has 138 valence electrons. The summed E-state index contributed by atoms with van der Waals surface area (Å²) in [5.74, 6) is 0.237. The number of carbonyl (C=O) groups excluding carboxylic acids is 1. The highest BCUT2D eigenvalue weighted by molar-refractivity contribution is 5.77. The third-order valence-electron chi connectivity index (χ3n) is 5.87. The summed E-state index contributed by atoms with van der Waals surface area (Å²) in [7, 11) is 0. The Kier molecular flexibility index (Phi) is 6.10. The zero-order valence-corrected chi connectivity index (χ0v) is 14.9. The number of amides is 1. The third-order valence-corrected chi connectivity index (χ3v) is 5.87. The molecular weight excluding hydrogens is 316 g/mol. The van der Waals surface area contributed by atoms with Crippen molar-refractivity contribution in [2.75, 3.05) is 39.3 Å². The molecule has 2 N–H and O–H groups in total. The maximum atomic E-state index is 12.1. The molecule has 0 aromatic heterocycles. The van der Waals surface area contributed by atoms with Gasteiger partial charge in [-0.05, 0) is 49.8 Å². The van der Waals surface area contributed by atoms with Gasteiger partial charge in [-0.15, -0.1) is 0 Å². The van der Waals surface area contributed by atoms with Crippen molar-refractivity contribution in [1.29, 1.82) is 0 Å². The van der Waals surface area contributed by atoms with Crippen molar-refractivity contribution < 1.29 is 15.0 Å². The second-order valence-corrected chi connectivity index (χ2v) is 7.62. The summed E-state index contributed by atoms with van der Waals surface area (Å²) in [5.41, 5.74) is 1.21. The fourth-order valence-corrected chi connectivity index (χ4v) is 4.21. The fourth-order valence-electron chi connectivity index (χ4n) is 4.21. The number of likely N-dealkylation sites (tertiary alicyclic amines) is 2. The van der Waals surface area contributed by atoms with Crippen molar-refractivity contribution >= 4 is 5.91 Å². The molecule has 1 atom stereocenters. The van der Waals surface area contributed by atoms with Gasteiger partial charge >= 0.3 is 0 Å². The zero-order chi connectivity index (χ0) is 17.7. The number of rotatable bonds is 6. The molecule has 2 aliphatic rings. The Hall–Kier alpha value is -1.43. The highest BCUT2D eigenvalue weighted by Gasteiger charge is 2.40. The Morgan fingerprint density at radius 1 is 1.12 bits per heavy atom. The topological polar surface area (TPSA) is 64.0 Å². The minimum absolute atomic E-state index is 0.141. The molecule has 5 heteroatoms. The molecule has 0 unspecified atom stereocenters. The van der Waals surface area contributed by atoms with Gasteiger partial charge in [-0.2, -0.15) is 0 Å². The fraction of sp³-hybridized carbons (Fsp3) is 0.650. The van der Waals surface area contributed by atoms with Crippen molar-refractivity contribution in [2.24, 2.45) is 5.41 Å². The normalized spacial score (nSPS) is 22.3. The number of benzene rings is 1. The number of hydrogen-bond acceptors (Lipinski definition) is 4. The first kappa shape index (κ1) is 18.4. The van der Waals surface area contributed by atoms with Gasteiger partial charge in [-0.1, -0.05) is 30.3 Å². The van der Waals surface area contributed by atoms with Crippen LogP contribution in [-0.4, -0.2) is 65.3 Å². The van der Waals surface area contributed by atoms with E-state index in [0.29, 0.717) is 25.9 Å². The Morgan fingerprint density at radius 2 is 1.84 bits per heavy atom. The van der Waals surface area contributed by atoms with Crippen molar-refractivity contribution in [3.8, 4) is 0 Å². The van der Waals surface area contributed by atoms with Gasteiger partial charge in [0.15, 0.2) is 0 Å². The second kappa shape index (κ2) is 8.30. The zero-order valence-electron chi connectivity index (χ0n) is 14.9. The SMILES string of the molecule is O=C1CCC2(CCN(C[C@H](O)c3ccccc3)CC2)CN1CCCO. The lowest BCUT2D eigenvalue weighted by Crippen LogP contribution is -2.52. The highest BCUT2D eigenvalue weighted by atomic mass is 16.3. The summed E-state index contributed by atoms with van der Waals surface area (Å²) >= 11 is 0. The van der Waals surface area contributed by atoms with E-state index in [4.69, 9.17) is 5.11 Å². The minimum atomic E-state index is -0.441. The van der Waals surface area contributed by atoms with E-state index in [1.807, 2.05) is 35.2 Å². The quantitative estimate of drug-likeness (QED) is 0.825. The smallest absolute Gasteiger partial charge is 0.222 e. The number of aliphatic hydroxyl groups is 2. The summed E-state index contributed by atoms with van der Waals surface area (Å²) in [6.45, 7) is 4.28. The van der Waals surface area contributed by atoms with Gasteiger partial charge in [0, 0.05) is 32.7 Å². The lowest BCUT2D eigenvalue weighted by molar-refractivity contribution is -0.139. The van der Waals surface area contributed by atoms with Crippen LogP contribution in [0.15, 0.2) is 30.3 Å². The molecule has 3 rings (SSSR count). The highest BCUT2D eigenvalue weighted by Crippen LogP contribution is 2.40. The first-order valence-corrected chi connectivity index (χ1v) is 9.46. The number of nitrogens with zero attached hydrogens (tertiary/aromatic N) is 2. The molecular formula is C20H30N2O3. The number of aliphatic hydroxyl groups excluding tert-OH is 2. The van der Waals surface area contributed by atoms with Gasteiger partial charge in [0.25, 0.3) is 0 Å². The Balaban J connectivity index is 1.51. The summed E-state index contributed by atoms with van der Waals surface area (Å²) in [6, 6.07) is 9.84. The van der Waals surface area contributed by atoms with E-state index >= 15 is 0 Å². The third kappa shape index (κ3) is 4.60. The van der Waals surface area contributed by atoms with Gasteiger partial charge < -0.3 is 20.0 Å². The standard InChI is InChI=1S/C20H30N2O3/c23-14-4-11-22-16-20(8-7-19(22)25)9-12-21(13-10-20)15-18(24)17-5-2-1-3-6-17/h1-3,5-6,18,23-24H,4,7-16H2/t18-/m0/s1. The average molecular weight is 346 g/mol. The van der Waals surface area contributed by atoms with Crippen LogP contribution < -0.4 is 0 Å². The Morgan fingerprint density at radius 3 is 2.52 bits per heavy atom. The van der Waals surface area contributed by atoms with Crippen LogP contribution in [0.2, 0.25) is 0 Å². The second-order valence-electron chi connectivity index (χ2n) is 7.62. The molecule has 2 fully saturated rings. The van der Waals surface area contributed by atoms with Gasteiger partial charge in [0.1, 0.15) is 0 Å². The monoisotopic (exact) mass is 346 g/mol. The largest absolute Gasteiger partial charge is 0.396 e. The lowest BCUT2D eigenvalue weighted by atomic mass is 9.72. The van der Waals surface area contributed by atoms with Crippen LogP contribution in [0.4, 0.5) is 0 Å². The predicted molar refractivity (Wildman–Crippen MR) is 97.0 cm³/mol. The van der Waals surface area contributed by atoms with Crippen molar-refractivity contribution in [3.63, 3.8) is 0 Å². The molecule has 1 spiro atoms. The minimum Gasteiger partial charge on any atom is -0.396 e. The van der Waals surface area contributed by atoms with Crippen LogP contribution in [0.3, 0.4) is 0 Å². The lowest BCUT2D eigenvalue weighted by Gasteiger charge is -2.47. The molecule has 1 aromatic carbocycles. The molecule has 0 saturated carbocycles. The predicted octanol–water partition coefficient (Wildman–Crippen LogP) is 1.81. The molecule has 2 aliphatic heterocycles. The van der Waals surface area contributed by atoms with Crippen LogP contribution in [0, 0.1) is 5.41 Å². The van der Waals surface area contributed by atoms with Gasteiger partial charge in [-0.3, -0.25) is 4.79 Å². The van der Waals surface area contributed by atoms with E-state index in [1.54, 1.807) is 0 Å². The summed E-state index contributed by atoms with van der Waals surface area (Å²) in [5, 5.41) is 19.5. The van der Waals surface area contributed by atoms with E-state index in [-0.39, 0.29) is 17.9 Å². The molecule has 0 aliphatic carbocycles. The van der Waals surface area contributed by atoms with E-state index < -0.39 is 6.10 Å². The van der Waals surface area contributed by atoms with E-state index in [9.17, 15) is 9.90 Å².